The van der Waals surface area contributed by atoms with Crippen LogP contribution in [-0.2, 0) is 26.2 Å². The number of carbonyl (C=O) groups is 1. The van der Waals surface area contributed by atoms with E-state index in [1.54, 1.807) is 17.0 Å². The number of benzene rings is 2. The molecule has 7 nitrogen and oxygen atoms in total. The van der Waals surface area contributed by atoms with Gasteiger partial charge in [-0.2, -0.15) is 8.42 Å². The van der Waals surface area contributed by atoms with Gasteiger partial charge in [-0.15, -0.1) is 0 Å². The third-order valence-corrected chi connectivity index (χ3v) is 6.16. The first-order valence-corrected chi connectivity index (χ1v) is 11.6. The molecule has 0 radical (unpaired) electrons. The summed E-state index contributed by atoms with van der Waals surface area (Å²) >= 11 is 11.8. The van der Waals surface area contributed by atoms with Crippen LogP contribution in [-0.4, -0.2) is 46.6 Å². The maximum Gasteiger partial charge on any atom is 0.339 e. The minimum absolute atomic E-state index is 0.00485. The van der Waals surface area contributed by atoms with Crippen molar-refractivity contribution in [3.05, 3.63) is 52.0 Å². The van der Waals surface area contributed by atoms with Crippen molar-refractivity contribution < 1.29 is 26.9 Å². The summed E-state index contributed by atoms with van der Waals surface area (Å²) in [5, 5.41) is 0.319. The second kappa shape index (κ2) is 11.0. The van der Waals surface area contributed by atoms with Crippen LogP contribution >= 0.6 is 23.2 Å². The maximum absolute atomic E-state index is 12.7. The number of halogens is 2. The van der Waals surface area contributed by atoms with Crippen LogP contribution in [0.5, 0.6) is 11.5 Å². The summed E-state index contributed by atoms with van der Waals surface area (Å²) in [4.78, 5) is 13.9. The molecule has 31 heavy (non-hydrogen) atoms. The van der Waals surface area contributed by atoms with Crippen LogP contribution < -0.4 is 8.92 Å². The molecule has 0 spiro atoms. The van der Waals surface area contributed by atoms with Crippen LogP contribution in [0.2, 0.25) is 10.0 Å². The van der Waals surface area contributed by atoms with Gasteiger partial charge in [0.2, 0.25) is 5.91 Å². The van der Waals surface area contributed by atoms with E-state index in [0.29, 0.717) is 12.1 Å². The first-order chi connectivity index (χ1) is 14.6. The van der Waals surface area contributed by atoms with Gasteiger partial charge in [-0.3, -0.25) is 4.79 Å². The van der Waals surface area contributed by atoms with Crippen LogP contribution in [0.4, 0.5) is 0 Å². The van der Waals surface area contributed by atoms with E-state index in [2.05, 4.69) is 0 Å². The predicted octanol–water partition coefficient (Wildman–Crippen LogP) is 4.40. The van der Waals surface area contributed by atoms with Crippen molar-refractivity contribution in [2.24, 2.45) is 5.92 Å². The van der Waals surface area contributed by atoms with E-state index in [9.17, 15) is 13.2 Å². The Labute approximate surface area is 192 Å². The van der Waals surface area contributed by atoms with Crippen LogP contribution in [0.3, 0.4) is 0 Å². The summed E-state index contributed by atoms with van der Waals surface area (Å²) in [5.74, 6) is 0.295. The molecule has 0 fully saturated rings. The van der Waals surface area contributed by atoms with Crippen molar-refractivity contribution in [2.45, 2.75) is 25.3 Å². The number of nitrogens with zero attached hydrogens (tertiary/aromatic N) is 1. The second-order valence-electron chi connectivity index (χ2n) is 7.20. The van der Waals surface area contributed by atoms with Crippen LogP contribution in [0.15, 0.2) is 41.3 Å². The van der Waals surface area contributed by atoms with Gasteiger partial charge in [0.15, 0.2) is 11.5 Å². The molecule has 1 amide bonds. The topological polar surface area (TPSA) is 82.1 Å². The van der Waals surface area contributed by atoms with Crippen molar-refractivity contribution in [1.82, 2.24) is 4.90 Å². The third kappa shape index (κ3) is 7.00. The molecule has 0 aliphatic heterocycles. The molecular weight excluding hydrogens is 465 g/mol. The maximum atomic E-state index is 12.7. The Morgan fingerprint density at radius 3 is 2.32 bits per heavy atom. The Hall–Kier alpha value is -2.00. The zero-order chi connectivity index (χ0) is 23.2. The first-order valence-electron chi connectivity index (χ1n) is 9.40. The first kappa shape index (κ1) is 25.3. The molecule has 0 aliphatic rings. The summed E-state index contributed by atoms with van der Waals surface area (Å²) in [6.07, 6.45) is 0. The highest BCUT2D eigenvalue weighted by Crippen LogP contribution is 2.32. The van der Waals surface area contributed by atoms with E-state index < -0.39 is 10.1 Å². The average molecular weight is 490 g/mol. The van der Waals surface area contributed by atoms with Gasteiger partial charge in [0.25, 0.3) is 0 Å². The van der Waals surface area contributed by atoms with Gasteiger partial charge in [0, 0.05) is 20.2 Å². The highest BCUT2D eigenvalue weighted by Gasteiger charge is 2.22. The summed E-state index contributed by atoms with van der Waals surface area (Å²) in [5.41, 5.74) is 0.672. The summed E-state index contributed by atoms with van der Waals surface area (Å²) in [7, 11) is -1.34. The van der Waals surface area contributed by atoms with E-state index >= 15 is 0 Å². The smallest absolute Gasteiger partial charge is 0.339 e. The largest absolute Gasteiger partial charge is 0.493 e. The highest BCUT2D eigenvalue weighted by molar-refractivity contribution is 7.87. The van der Waals surface area contributed by atoms with Crippen molar-refractivity contribution in [3.8, 4) is 11.5 Å². The Balaban J connectivity index is 2.34. The quantitative estimate of drug-likeness (QED) is 0.460. The lowest BCUT2D eigenvalue weighted by atomic mass is 10.1. The molecule has 0 saturated heterocycles. The van der Waals surface area contributed by atoms with E-state index in [-0.39, 0.29) is 51.4 Å². The molecule has 0 bridgehead atoms. The minimum atomic E-state index is -4.20. The normalized spacial score (nSPS) is 11.5. The van der Waals surface area contributed by atoms with Crippen molar-refractivity contribution in [3.63, 3.8) is 0 Å². The molecular formula is C21H25Cl2NO6S. The van der Waals surface area contributed by atoms with Gasteiger partial charge in [-0.1, -0.05) is 43.1 Å². The van der Waals surface area contributed by atoms with Gasteiger partial charge in [-0.25, -0.2) is 0 Å². The lowest BCUT2D eigenvalue weighted by Crippen LogP contribution is -2.36. The lowest BCUT2D eigenvalue weighted by molar-refractivity contribution is -0.136. The van der Waals surface area contributed by atoms with Crippen molar-refractivity contribution in [2.75, 3.05) is 27.4 Å². The fraction of sp³-hybridized carbons (Fsp3) is 0.381. The molecule has 0 heterocycles. The Bertz CT molecular complexity index is 1030. The van der Waals surface area contributed by atoms with E-state index in [1.165, 1.54) is 38.5 Å². The van der Waals surface area contributed by atoms with Gasteiger partial charge in [-0.05, 0) is 41.8 Å². The molecule has 0 unspecified atom stereocenters. The van der Waals surface area contributed by atoms with Gasteiger partial charge >= 0.3 is 10.1 Å². The molecule has 0 atom stereocenters. The Morgan fingerprint density at radius 1 is 1.03 bits per heavy atom. The van der Waals surface area contributed by atoms with Gasteiger partial charge in [0.1, 0.15) is 11.5 Å². The number of carbonyl (C=O) groups excluding carboxylic acids is 1. The zero-order valence-corrected chi connectivity index (χ0v) is 20.1. The summed E-state index contributed by atoms with van der Waals surface area (Å²) in [6, 6.07) is 8.74. The van der Waals surface area contributed by atoms with Crippen molar-refractivity contribution >= 4 is 39.2 Å². The predicted molar refractivity (Wildman–Crippen MR) is 119 cm³/mol. The van der Waals surface area contributed by atoms with Crippen molar-refractivity contribution in [1.29, 1.82) is 0 Å². The molecule has 10 heteroatoms. The molecule has 2 aromatic rings. The van der Waals surface area contributed by atoms with Crippen LogP contribution in [0, 0.1) is 5.92 Å². The standard InChI is InChI=1S/C21H25Cl2NO6S/c1-14(2)11-24(21(25)13-28-3)12-15-5-8-19(29-4)20(9-15)30-31(26,27)16-6-7-17(22)18(23)10-16/h5-10,14H,11-13H2,1-4H3. The third-order valence-electron chi connectivity index (χ3n) is 4.19. The van der Waals surface area contributed by atoms with E-state index in [1.807, 2.05) is 13.8 Å². The van der Waals surface area contributed by atoms with Crippen LogP contribution in [0.1, 0.15) is 19.4 Å². The number of methoxy groups -OCH3 is 2. The SMILES string of the molecule is COCC(=O)N(Cc1ccc(OC)c(OS(=O)(=O)c2ccc(Cl)c(Cl)c2)c1)CC(C)C. The number of hydrogen-bond donors (Lipinski definition) is 0. The fourth-order valence-corrected chi connectivity index (χ4v) is 4.14. The minimum Gasteiger partial charge on any atom is -0.493 e. The molecule has 0 aromatic heterocycles. The Morgan fingerprint density at radius 2 is 1.74 bits per heavy atom. The number of amides is 1. The van der Waals surface area contributed by atoms with Gasteiger partial charge < -0.3 is 18.6 Å². The van der Waals surface area contributed by atoms with E-state index in [4.69, 9.17) is 36.9 Å². The number of hydrogen-bond acceptors (Lipinski definition) is 6. The molecule has 0 saturated carbocycles. The number of rotatable bonds is 10. The lowest BCUT2D eigenvalue weighted by Gasteiger charge is -2.25. The number of ether oxygens (including phenoxy) is 2. The Kier molecular flexibility index (Phi) is 9.00. The molecule has 2 aromatic carbocycles. The van der Waals surface area contributed by atoms with Crippen LogP contribution in [0.25, 0.3) is 0 Å². The molecule has 2 rings (SSSR count). The zero-order valence-electron chi connectivity index (χ0n) is 17.7. The highest BCUT2D eigenvalue weighted by atomic mass is 35.5. The molecule has 0 aliphatic carbocycles. The van der Waals surface area contributed by atoms with E-state index in [0.717, 1.165) is 0 Å². The molecule has 170 valence electrons. The monoisotopic (exact) mass is 489 g/mol. The summed E-state index contributed by atoms with van der Waals surface area (Å²) in [6.45, 7) is 4.73. The second-order valence-corrected chi connectivity index (χ2v) is 9.56. The average Bonchev–Trinajstić information content (AvgIpc) is 2.69. The van der Waals surface area contributed by atoms with Gasteiger partial charge in [0.05, 0.1) is 17.2 Å². The summed E-state index contributed by atoms with van der Waals surface area (Å²) < 4.78 is 41.0. The molecule has 0 N–H and O–H groups in total. The fourth-order valence-electron chi connectivity index (χ4n) is 2.81.